The van der Waals surface area contributed by atoms with Gasteiger partial charge in [0.1, 0.15) is 12.4 Å². The molecule has 1 amide bonds. The number of benzene rings is 2. The minimum Gasteiger partial charge on any atom is -0.491 e. The summed E-state index contributed by atoms with van der Waals surface area (Å²) in [6.07, 6.45) is 1.61. The zero-order valence-electron chi connectivity index (χ0n) is 16.6. The number of nitrogens with zero attached hydrogens (tertiary/aromatic N) is 3. The molecule has 0 saturated heterocycles. The molecule has 0 bridgehead atoms. The molecule has 0 aliphatic heterocycles. The van der Waals surface area contributed by atoms with Gasteiger partial charge in [-0.1, -0.05) is 35.0 Å². The van der Waals surface area contributed by atoms with E-state index in [0.29, 0.717) is 49.2 Å². The van der Waals surface area contributed by atoms with E-state index in [1.54, 1.807) is 24.1 Å². The molecule has 0 radical (unpaired) electrons. The third-order valence-electron chi connectivity index (χ3n) is 4.56. The Balaban J connectivity index is 1.39. The minimum atomic E-state index is 0.0656. The number of aromatic nitrogens is 2. The Labute approximate surface area is 175 Å². The largest absolute Gasteiger partial charge is 0.491 e. The monoisotopic (exact) mass is 413 g/mol. The van der Waals surface area contributed by atoms with Gasteiger partial charge in [0.05, 0.1) is 6.54 Å². The zero-order chi connectivity index (χ0) is 20.6. The Hall–Kier alpha value is -2.86. The number of aryl methyl sites for hydroxylation is 2. The van der Waals surface area contributed by atoms with E-state index in [1.807, 2.05) is 43.3 Å². The lowest BCUT2D eigenvalue weighted by atomic mass is 10.2. The normalized spacial score (nSPS) is 10.7. The van der Waals surface area contributed by atoms with E-state index in [0.717, 1.165) is 16.9 Å². The molecule has 1 aromatic heterocycles. The van der Waals surface area contributed by atoms with E-state index >= 15 is 0 Å². The topological polar surface area (TPSA) is 68.5 Å². The molecule has 0 saturated carbocycles. The number of rotatable bonds is 9. The van der Waals surface area contributed by atoms with Crippen LogP contribution in [0.2, 0.25) is 5.02 Å². The Morgan fingerprint density at radius 3 is 2.69 bits per heavy atom. The Morgan fingerprint density at radius 1 is 1.17 bits per heavy atom. The highest BCUT2D eigenvalue weighted by Crippen LogP contribution is 2.19. The fourth-order valence-electron chi connectivity index (χ4n) is 2.79. The SMILES string of the molecule is Cc1ccccc1OCCN(C)C(=O)CCCc1nc(-c2ccc(Cl)cc2)no1. The van der Waals surface area contributed by atoms with Crippen LogP contribution in [-0.2, 0) is 11.2 Å². The maximum atomic E-state index is 12.3. The molecular formula is C22H24ClN3O3. The van der Waals surface area contributed by atoms with Crippen LogP contribution < -0.4 is 4.74 Å². The van der Waals surface area contributed by atoms with Gasteiger partial charge in [-0.15, -0.1) is 0 Å². The number of likely N-dealkylation sites (N-methyl/N-ethyl adjacent to an activating group) is 1. The summed E-state index contributed by atoms with van der Waals surface area (Å²) in [6, 6.07) is 15.1. The summed E-state index contributed by atoms with van der Waals surface area (Å²) >= 11 is 5.89. The van der Waals surface area contributed by atoms with Crippen LogP contribution in [0.5, 0.6) is 5.75 Å². The first-order valence-corrected chi connectivity index (χ1v) is 9.91. The van der Waals surface area contributed by atoms with Crippen molar-refractivity contribution in [2.45, 2.75) is 26.2 Å². The van der Waals surface area contributed by atoms with E-state index in [4.69, 9.17) is 20.9 Å². The number of halogens is 1. The lowest BCUT2D eigenvalue weighted by molar-refractivity contribution is -0.130. The van der Waals surface area contributed by atoms with Crippen LogP contribution in [0.4, 0.5) is 0 Å². The van der Waals surface area contributed by atoms with Crippen molar-refractivity contribution in [3.8, 4) is 17.1 Å². The molecule has 0 atom stereocenters. The van der Waals surface area contributed by atoms with E-state index < -0.39 is 0 Å². The van der Waals surface area contributed by atoms with Crippen molar-refractivity contribution in [2.24, 2.45) is 0 Å². The molecule has 152 valence electrons. The summed E-state index contributed by atoms with van der Waals surface area (Å²) in [4.78, 5) is 18.4. The van der Waals surface area contributed by atoms with E-state index in [2.05, 4.69) is 10.1 Å². The average molecular weight is 414 g/mol. The van der Waals surface area contributed by atoms with Crippen LogP contribution in [0.15, 0.2) is 53.1 Å². The highest BCUT2D eigenvalue weighted by molar-refractivity contribution is 6.30. The lowest BCUT2D eigenvalue weighted by Gasteiger charge is -2.17. The fourth-order valence-corrected chi connectivity index (χ4v) is 2.92. The summed E-state index contributed by atoms with van der Waals surface area (Å²) in [5.41, 5.74) is 1.92. The molecule has 2 aromatic carbocycles. The smallest absolute Gasteiger partial charge is 0.226 e. The first-order valence-electron chi connectivity index (χ1n) is 9.54. The van der Waals surface area contributed by atoms with Gasteiger partial charge in [-0.2, -0.15) is 4.98 Å². The first kappa shape index (κ1) is 20.9. The second-order valence-electron chi connectivity index (χ2n) is 6.80. The van der Waals surface area contributed by atoms with Gasteiger partial charge in [0.25, 0.3) is 0 Å². The standard InChI is InChI=1S/C22H24ClN3O3/c1-16-6-3-4-7-19(16)28-15-14-26(2)21(27)9-5-8-20-24-22(25-29-20)17-10-12-18(23)13-11-17/h3-4,6-7,10-13H,5,8-9,14-15H2,1-2H3. The van der Waals surface area contributed by atoms with Gasteiger partial charge in [-0.05, 0) is 49.2 Å². The molecule has 1 heterocycles. The Morgan fingerprint density at radius 2 is 1.93 bits per heavy atom. The Kier molecular flexibility index (Phi) is 7.25. The number of ether oxygens (including phenoxy) is 1. The summed E-state index contributed by atoms with van der Waals surface area (Å²) in [7, 11) is 1.79. The Bertz CT molecular complexity index is 940. The molecule has 0 unspecified atom stereocenters. The van der Waals surface area contributed by atoms with Crippen molar-refractivity contribution >= 4 is 17.5 Å². The molecule has 6 nitrogen and oxygen atoms in total. The molecule has 0 N–H and O–H groups in total. The quantitative estimate of drug-likeness (QED) is 0.514. The third kappa shape index (κ3) is 6.06. The van der Waals surface area contributed by atoms with Crippen molar-refractivity contribution in [1.29, 1.82) is 0 Å². The van der Waals surface area contributed by atoms with Crippen molar-refractivity contribution in [1.82, 2.24) is 15.0 Å². The molecule has 0 spiro atoms. The van der Waals surface area contributed by atoms with Crippen molar-refractivity contribution in [2.75, 3.05) is 20.2 Å². The number of amides is 1. The van der Waals surface area contributed by atoms with Gasteiger partial charge in [-0.3, -0.25) is 4.79 Å². The summed E-state index contributed by atoms with van der Waals surface area (Å²) in [5, 5.41) is 4.64. The van der Waals surface area contributed by atoms with Crippen LogP contribution >= 0.6 is 11.6 Å². The highest BCUT2D eigenvalue weighted by atomic mass is 35.5. The van der Waals surface area contributed by atoms with E-state index in [-0.39, 0.29) is 5.91 Å². The van der Waals surface area contributed by atoms with Crippen LogP contribution in [0.1, 0.15) is 24.3 Å². The van der Waals surface area contributed by atoms with Gasteiger partial charge >= 0.3 is 0 Å². The summed E-state index contributed by atoms with van der Waals surface area (Å²) in [5.74, 6) is 1.96. The maximum absolute atomic E-state index is 12.3. The highest BCUT2D eigenvalue weighted by Gasteiger charge is 2.12. The van der Waals surface area contributed by atoms with Crippen molar-refractivity contribution in [3.05, 3.63) is 65.0 Å². The molecule has 3 aromatic rings. The zero-order valence-corrected chi connectivity index (χ0v) is 17.4. The van der Waals surface area contributed by atoms with Gasteiger partial charge in [0.2, 0.25) is 17.6 Å². The molecular weight excluding hydrogens is 390 g/mol. The predicted octanol–water partition coefficient (Wildman–Crippen LogP) is 4.56. The molecule has 0 fully saturated rings. The molecule has 0 aliphatic carbocycles. The lowest BCUT2D eigenvalue weighted by Crippen LogP contribution is -2.30. The number of carbonyl (C=O) groups excluding carboxylic acids is 1. The van der Waals surface area contributed by atoms with Crippen LogP contribution in [0.25, 0.3) is 11.4 Å². The third-order valence-corrected chi connectivity index (χ3v) is 4.81. The average Bonchev–Trinajstić information content (AvgIpc) is 3.18. The molecule has 29 heavy (non-hydrogen) atoms. The summed E-state index contributed by atoms with van der Waals surface area (Å²) in [6.45, 7) is 3.00. The van der Waals surface area contributed by atoms with Crippen molar-refractivity contribution in [3.63, 3.8) is 0 Å². The van der Waals surface area contributed by atoms with Crippen LogP contribution in [-0.4, -0.2) is 41.1 Å². The molecule has 3 rings (SSSR count). The van der Waals surface area contributed by atoms with Crippen LogP contribution in [0, 0.1) is 6.92 Å². The van der Waals surface area contributed by atoms with Gasteiger partial charge in [0, 0.05) is 30.5 Å². The van der Waals surface area contributed by atoms with Crippen LogP contribution in [0.3, 0.4) is 0 Å². The van der Waals surface area contributed by atoms with Gasteiger partial charge < -0.3 is 14.2 Å². The van der Waals surface area contributed by atoms with E-state index in [9.17, 15) is 4.79 Å². The fraction of sp³-hybridized carbons (Fsp3) is 0.318. The number of carbonyl (C=O) groups is 1. The number of hydrogen-bond acceptors (Lipinski definition) is 5. The van der Waals surface area contributed by atoms with E-state index in [1.165, 1.54) is 0 Å². The predicted molar refractivity (Wildman–Crippen MR) is 112 cm³/mol. The first-order chi connectivity index (χ1) is 14.0. The number of hydrogen-bond donors (Lipinski definition) is 0. The summed E-state index contributed by atoms with van der Waals surface area (Å²) < 4.78 is 11.0. The number of para-hydroxylation sites is 1. The van der Waals surface area contributed by atoms with Gasteiger partial charge in [-0.25, -0.2) is 0 Å². The van der Waals surface area contributed by atoms with Crippen molar-refractivity contribution < 1.29 is 14.1 Å². The van der Waals surface area contributed by atoms with Gasteiger partial charge in [0.15, 0.2) is 0 Å². The molecule has 7 heteroatoms. The minimum absolute atomic E-state index is 0.0656. The molecule has 0 aliphatic rings. The second kappa shape index (κ2) is 10.1. The maximum Gasteiger partial charge on any atom is 0.226 e. The second-order valence-corrected chi connectivity index (χ2v) is 7.24.